The van der Waals surface area contributed by atoms with Crippen molar-refractivity contribution >= 4 is 39.5 Å². The molecule has 0 rings (SSSR count). The van der Waals surface area contributed by atoms with Gasteiger partial charge >= 0.3 is 39.5 Å². The van der Waals surface area contributed by atoms with Gasteiger partial charge in [0, 0.05) is 25.7 Å². The Morgan fingerprint density at radius 1 is 0.310 bits per heavy atom. The van der Waals surface area contributed by atoms with Crippen LogP contribution < -0.4 is 0 Å². The van der Waals surface area contributed by atoms with Crippen molar-refractivity contribution in [3.05, 3.63) is 0 Å². The Labute approximate surface area is 530 Å². The van der Waals surface area contributed by atoms with E-state index >= 15 is 0 Å². The number of phosphoric ester groups is 2. The molecule has 0 aliphatic rings. The minimum Gasteiger partial charge on any atom is -0.462 e. The second-order valence-corrected chi connectivity index (χ2v) is 28.4. The zero-order chi connectivity index (χ0) is 64.3. The molecular formula is C68H132O17P2. The van der Waals surface area contributed by atoms with Crippen LogP contribution in [0.1, 0.15) is 343 Å². The number of ether oxygens (including phenoxy) is 4. The summed E-state index contributed by atoms with van der Waals surface area (Å²) in [6, 6.07) is 0. The number of carbonyl (C=O) groups excluding carboxylic acids is 4. The molecule has 19 heteroatoms. The molecule has 0 saturated heterocycles. The largest absolute Gasteiger partial charge is 0.472 e. The van der Waals surface area contributed by atoms with Gasteiger partial charge in [-0.25, -0.2) is 9.13 Å². The monoisotopic (exact) mass is 1280 g/mol. The Morgan fingerprint density at radius 2 is 0.529 bits per heavy atom. The van der Waals surface area contributed by atoms with Crippen LogP contribution in [0.25, 0.3) is 0 Å². The number of hydrogen-bond acceptors (Lipinski definition) is 15. The summed E-state index contributed by atoms with van der Waals surface area (Å²) in [6.45, 7) is 9.43. The van der Waals surface area contributed by atoms with Gasteiger partial charge in [-0.15, -0.1) is 0 Å². The van der Waals surface area contributed by atoms with E-state index in [1.165, 1.54) is 141 Å². The second-order valence-electron chi connectivity index (χ2n) is 25.5. The minimum atomic E-state index is -4.95. The molecule has 2 unspecified atom stereocenters. The highest BCUT2D eigenvalue weighted by Crippen LogP contribution is 2.45. The van der Waals surface area contributed by atoms with E-state index < -0.39 is 97.5 Å². The number of aliphatic hydroxyl groups is 1. The minimum absolute atomic E-state index is 0.103. The van der Waals surface area contributed by atoms with Crippen LogP contribution in [0.15, 0.2) is 0 Å². The lowest BCUT2D eigenvalue weighted by molar-refractivity contribution is -0.161. The molecule has 0 aliphatic carbocycles. The van der Waals surface area contributed by atoms with E-state index in [0.29, 0.717) is 25.7 Å². The molecule has 87 heavy (non-hydrogen) atoms. The number of phosphoric acid groups is 2. The normalized spacial score (nSPS) is 14.2. The Kier molecular flexibility index (Phi) is 59.0. The first kappa shape index (κ1) is 85.1. The fourth-order valence-electron chi connectivity index (χ4n) is 10.2. The Balaban J connectivity index is 5.08. The molecule has 0 amide bonds. The lowest BCUT2D eigenvalue weighted by Crippen LogP contribution is -2.30. The van der Waals surface area contributed by atoms with Crippen molar-refractivity contribution < 1.29 is 80.2 Å². The second kappa shape index (κ2) is 60.3. The number of aliphatic hydroxyl groups excluding tert-OH is 1. The SMILES string of the molecule is CCCCCCCCCC(=O)O[C@H](COC(=O)CCCCCCC)COP(=O)(O)OC[C@H](O)COP(=O)(O)OC[C@@H](COC(=O)CCCCCCCCCCCCCC(C)C)OC(=O)CCCCCCCCCCCCCCCCCCCCC(C)C. The number of carbonyl (C=O) groups is 4. The maximum Gasteiger partial charge on any atom is 0.472 e. The van der Waals surface area contributed by atoms with Gasteiger partial charge in [-0.2, -0.15) is 0 Å². The van der Waals surface area contributed by atoms with Crippen LogP contribution in [0.3, 0.4) is 0 Å². The first-order valence-corrected chi connectivity index (χ1v) is 38.5. The molecule has 0 radical (unpaired) electrons. The first-order chi connectivity index (χ1) is 41.9. The van der Waals surface area contributed by atoms with Crippen molar-refractivity contribution in [3.63, 3.8) is 0 Å². The zero-order valence-corrected chi connectivity index (χ0v) is 58.1. The van der Waals surface area contributed by atoms with E-state index in [9.17, 15) is 43.2 Å². The van der Waals surface area contributed by atoms with E-state index in [2.05, 4.69) is 41.5 Å². The van der Waals surface area contributed by atoms with Gasteiger partial charge in [0.2, 0.25) is 0 Å². The van der Waals surface area contributed by atoms with E-state index in [4.69, 9.17) is 37.0 Å². The molecule has 0 aromatic carbocycles. The van der Waals surface area contributed by atoms with Gasteiger partial charge in [-0.05, 0) is 37.5 Å². The molecule has 3 N–H and O–H groups in total. The highest BCUT2D eigenvalue weighted by atomic mass is 31.2. The summed E-state index contributed by atoms with van der Waals surface area (Å²) < 4.78 is 67.8. The molecule has 0 aromatic rings. The third kappa shape index (κ3) is 62.6. The third-order valence-corrected chi connectivity index (χ3v) is 17.6. The number of esters is 4. The zero-order valence-electron chi connectivity index (χ0n) is 56.3. The smallest absolute Gasteiger partial charge is 0.462 e. The van der Waals surface area contributed by atoms with E-state index in [1.54, 1.807) is 0 Å². The van der Waals surface area contributed by atoms with Crippen molar-refractivity contribution in [3.8, 4) is 0 Å². The summed E-state index contributed by atoms with van der Waals surface area (Å²) in [5.41, 5.74) is 0. The molecule has 17 nitrogen and oxygen atoms in total. The summed E-state index contributed by atoms with van der Waals surface area (Å²) in [4.78, 5) is 72.0. The summed E-state index contributed by atoms with van der Waals surface area (Å²) in [6.07, 6.45) is 45.1. The maximum atomic E-state index is 13.0. The average Bonchev–Trinajstić information content (AvgIpc) is 3.69. The molecular weight excluding hydrogens is 1150 g/mol. The Morgan fingerprint density at radius 3 is 0.782 bits per heavy atom. The fourth-order valence-corrected chi connectivity index (χ4v) is 11.8. The summed E-state index contributed by atoms with van der Waals surface area (Å²) in [7, 11) is -9.88. The summed E-state index contributed by atoms with van der Waals surface area (Å²) in [5, 5.41) is 10.5. The molecule has 0 heterocycles. The van der Waals surface area contributed by atoms with Gasteiger partial charge in [0.05, 0.1) is 26.4 Å². The van der Waals surface area contributed by atoms with Gasteiger partial charge in [-0.1, -0.05) is 292 Å². The molecule has 0 spiro atoms. The lowest BCUT2D eigenvalue weighted by atomic mass is 10.0. The predicted octanol–water partition coefficient (Wildman–Crippen LogP) is 19.2. The van der Waals surface area contributed by atoms with E-state index in [-0.39, 0.29) is 25.7 Å². The van der Waals surface area contributed by atoms with Crippen molar-refractivity contribution in [2.24, 2.45) is 11.8 Å². The van der Waals surface area contributed by atoms with Crippen molar-refractivity contribution in [1.29, 1.82) is 0 Å². The van der Waals surface area contributed by atoms with E-state index in [1.807, 2.05) is 0 Å². The summed E-state index contributed by atoms with van der Waals surface area (Å²) in [5.74, 6) is -0.553. The average molecular weight is 1280 g/mol. The molecule has 0 saturated carbocycles. The van der Waals surface area contributed by atoms with E-state index in [0.717, 1.165) is 121 Å². The van der Waals surface area contributed by atoms with Crippen LogP contribution in [0.2, 0.25) is 0 Å². The third-order valence-electron chi connectivity index (χ3n) is 15.7. The Bertz CT molecular complexity index is 1700. The Hall–Kier alpha value is -1.94. The number of rotatable bonds is 67. The standard InChI is InChI=1S/C68H132O17P2/c1-7-9-11-13-31-40-46-52-67(72)84-63(56-78-65(70)50-44-36-12-10-8-2)58-82-86(74,75)80-54-62(69)55-81-87(76,77)83-59-64(57-79-66(71)51-45-39-34-29-26-22-24-28-33-38-43-49-61(5)6)85-68(73)53-47-41-35-30-25-21-19-17-15-14-16-18-20-23-27-32-37-42-48-60(3)4/h60-64,69H,7-59H2,1-6H3,(H,74,75)(H,76,77)/t62-,63+,64+/m0/s1. The number of hydrogen-bond donors (Lipinski definition) is 3. The van der Waals surface area contributed by atoms with Gasteiger partial charge in [0.25, 0.3) is 0 Å². The number of unbranched alkanes of at least 4 members (excludes halogenated alkanes) is 37. The molecule has 516 valence electrons. The summed E-state index contributed by atoms with van der Waals surface area (Å²) >= 11 is 0. The fraction of sp³-hybridized carbons (Fsp3) is 0.941. The van der Waals surface area contributed by atoms with Crippen molar-refractivity contribution in [2.45, 2.75) is 362 Å². The van der Waals surface area contributed by atoms with Crippen LogP contribution in [-0.4, -0.2) is 96.7 Å². The highest BCUT2D eigenvalue weighted by molar-refractivity contribution is 7.47. The molecule has 0 aliphatic heterocycles. The highest BCUT2D eigenvalue weighted by Gasteiger charge is 2.30. The maximum absolute atomic E-state index is 13.0. The molecule has 5 atom stereocenters. The van der Waals surface area contributed by atoms with Gasteiger partial charge in [-0.3, -0.25) is 37.3 Å². The first-order valence-electron chi connectivity index (χ1n) is 35.5. The molecule has 0 aromatic heterocycles. The van der Waals surface area contributed by atoms with Gasteiger partial charge < -0.3 is 33.8 Å². The van der Waals surface area contributed by atoms with Gasteiger partial charge in [0.1, 0.15) is 19.3 Å². The molecule has 0 fully saturated rings. The van der Waals surface area contributed by atoms with Crippen LogP contribution in [0, 0.1) is 11.8 Å². The van der Waals surface area contributed by atoms with Crippen LogP contribution >= 0.6 is 15.6 Å². The van der Waals surface area contributed by atoms with Crippen LogP contribution in [0.5, 0.6) is 0 Å². The van der Waals surface area contributed by atoms with Crippen LogP contribution in [0.4, 0.5) is 0 Å². The topological polar surface area (TPSA) is 237 Å². The quantitative estimate of drug-likeness (QED) is 0.0222. The van der Waals surface area contributed by atoms with Crippen molar-refractivity contribution in [2.75, 3.05) is 39.6 Å². The van der Waals surface area contributed by atoms with Crippen molar-refractivity contribution in [1.82, 2.24) is 0 Å². The lowest BCUT2D eigenvalue weighted by Gasteiger charge is -2.21. The molecule has 0 bridgehead atoms. The predicted molar refractivity (Wildman–Crippen MR) is 349 cm³/mol. The van der Waals surface area contributed by atoms with Crippen LogP contribution in [-0.2, 0) is 65.4 Å². The van der Waals surface area contributed by atoms with Gasteiger partial charge in [0.15, 0.2) is 12.2 Å².